The van der Waals surface area contributed by atoms with E-state index >= 15 is 0 Å². The first-order chi connectivity index (χ1) is 8.56. The van der Waals surface area contributed by atoms with Crippen molar-refractivity contribution >= 4 is 0 Å². The van der Waals surface area contributed by atoms with Crippen molar-refractivity contribution in [1.82, 2.24) is 9.78 Å². The van der Waals surface area contributed by atoms with E-state index < -0.39 is 0 Å². The van der Waals surface area contributed by atoms with Crippen LogP contribution in [0.4, 0.5) is 0 Å². The van der Waals surface area contributed by atoms with Gasteiger partial charge in [-0.15, -0.1) is 0 Å². The molecule has 0 aliphatic rings. The third-order valence-corrected chi connectivity index (χ3v) is 3.23. The number of hydrogen-bond acceptors (Lipinski definition) is 3. The van der Waals surface area contributed by atoms with E-state index in [1.54, 1.807) is 7.11 Å². The third kappa shape index (κ3) is 2.11. The second kappa shape index (κ2) is 4.82. The maximum Gasteiger partial charge on any atom is 0.128 e. The molecule has 0 spiro atoms. The van der Waals surface area contributed by atoms with Gasteiger partial charge in [-0.3, -0.25) is 4.68 Å². The molecule has 0 unspecified atom stereocenters. The summed E-state index contributed by atoms with van der Waals surface area (Å²) in [7, 11) is 3.61. The number of hydrogen-bond donors (Lipinski definition) is 1. The maximum atomic E-state index is 5.63. The lowest BCUT2D eigenvalue weighted by atomic mass is 10.0. The Bertz CT molecular complexity index is 573. The normalized spacial score (nSPS) is 10.7. The molecular formula is C14H19N3O. The van der Waals surface area contributed by atoms with E-state index in [2.05, 4.69) is 31.1 Å². The Labute approximate surface area is 107 Å². The van der Waals surface area contributed by atoms with Gasteiger partial charge in [0.2, 0.25) is 0 Å². The Kier molecular flexibility index (Phi) is 3.39. The van der Waals surface area contributed by atoms with Crippen molar-refractivity contribution in [2.45, 2.75) is 20.4 Å². The van der Waals surface area contributed by atoms with Crippen molar-refractivity contribution in [1.29, 1.82) is 0 Å². The lowest BCUT2D eigenvalue weighted by molar-refractivity contribution is 0.415. The average molecular weight is 245 g/mol. The minimum Gasteiger partial charge on any atom is -0.496 e. The Hall–Kier alpha value is -1.81. The second-order valence-corrected chi connectivity index (χ2v) is 4.49. The Balaban J connectivity index is 2.61. The van der Waals surface area contributed by atoms with Gasteiger partial charge >= 0.3 is 0 Å². The zero-order chi connectivity index (χ0) is 13.3. The van der Waals surface area contributed by atoms with Crippen LogP contribution >= 0.6 is 0 Å². The number of benzene rings is 1. The molecule has 0 aliphatic carbocycles. The molecule has 0 saturated heterocycles. The molecule has 2 N–H and O–H groups in total. The number of nitrogens with zero attached hydrogens (tertiary/aromatic N) is 2. The minimum absolute atomic E-state index is 0.445. The molecule has 1 heterocycles. The first kappa shape index (κ1) is 12.6. The number of aromatic nitrogens is 2. The summed E-state index contributed by atoms with van der Waals surface area (Å²) in [6.45, 7) is 4.62. The fourth-order valence-corrected chi connectivity index (χ4v) is 2.04. The lowest BCUT2D eigenvalue weighted by Gasteiger charge is -2.11. The highest BCUT2D eigenvalue weighted by Crippen LogP contribution is 2.32. The smallest absolute Gasteiger partial charge is 0.128 e. The number of nitrogens with two attached hydrogens (primary N) is 1. The highest BCUT2D eigenvalue weighted by molar-refractivity contribution is 5.69. The summed E-state index contributed by atoms with van der Waals surface area (Å²) >= 11 is 0. The van der Waals surface area contributed by atoms with E-state index in [-0.39, 0.29) is 0 Å². The molecule has 0 amide bonds. The van der Waals surface area contributed by atoms with E-state index in [1.165, 1.54) is 11.1 Å². The summed E-state index contributed by atoms with van der Waals surface area (Å²) in [6.07, 6.45) is 0. The number of rotatable bonds is 3. The van der Waals surface area contributed by atoms with Crippen LogP contribution < -0.4 is 10.5 Å². The van der Waals surface area contributed by atoms with Gasteiger partial charge in [0.15, 0.2) is 0 Å². The van der Waals surface area contributed by atoms with Crippen LogP contribution in [0.5, 0.6) is 5.75 Å². The van der Waals surface area contributed by atoms with Gasteiger partial charge in [0, 0.05) is 19.2 Å². The Morgan fingerprint density at radius 3 is 2.44 bits per heavy atom. The lowest BCUT2D eigenvalue weighted by Crippen LogP contribution is -1.99. The quantitative estimate of drug-likeness (QED) is 0.901. The molecule has 4 nitrogen and oxygen atoms in total. The van der Waals surface area contributed by atoms with Crippen LogP contribution in [-0.2, 0) is 13.6 Å². The summed E-state index contributed by atoms with van der Waals surface area (Å²) in [5, 5.41) is 4.37. The van der Waals surface area contributed by atoms with Crippen LogP contribution in [0.1, 0.15) is 16.8 Å². The molecule has 4 heteroatoms. The number of aryl methyl sites for hydroxylation is 3. The van der Waals surface area contributed by atoms with Crippen molar-refractivity contribution in [2.75, 3.05) is 7.11 Å². The van der Waals surface area contributed by atoms with Gasteiger partial charge in [-0.25, -0.2) is 0 Å². The molecule has 0 radical (unpaired) electrons. The topological polar surface area (TPSA) is 53.1 Å². The third-order valence-electron chi connectivity index (χ3n) is 3.23. The van der Waals surface area contributed by atoms with E-state index in [9.17, 15) is 0 Å². The first-order valence-corrected chi connectivity index (χ1v) is 5.95. The first-order valence-electron chi connectivity index (χ1n) is 5.95. The fourth-order valence-electron chi connectivity index (χ4n) is 2.04. The van der Waals surface area contributed by atoms with Crippen LogP contribution in [0.2, 0.25) is 0 Å². The highest BCUT2D eigenvalue weighted by Gasteiger charge is 2.13. The minimum atomic E-state index is 0.445. The molecule has 0 bridgehead atoms. The van der Waals surface area contributed by atoms with Crippen LogP contribution in [0.3, 0.4) is 0 Å². The van der Waals surface area contributed by atoms with Gasteiger partial charge in [-0.2, -0.15) is 5.10 Å². The summed E-state index contributed by atoms with van der Waals surface area (Å²) in [5.41, 5.74) is 11.0. The molecule has 2 aromatic rings. The summed E-state index contributed by atoms with van der Waals surface area (Å²) < 4.78 is 7.30. The van der Waals surface area contributed by atoms with Gasteiger partial charge in [-0.05, 0) is 43.2 Å². The molecule has 96 valence electrons. The van der Waals surface area contributed by atoms with Crippen molar-refractivity contribution < 1.29 is 4.74 Å². The zero-order valence-corrected chi connectivity index (χ0v) is 11.3. The van der Waals surface area contributed by atoms with Crippen LogP contribution in [-0.4, -0.2) is 16.9 Å². The fraction of sp³-hybridized carbons (Fsp3) is 0.357. The van der Waals surface area contributed by atoms with Gasteiger partial charge < -0.3 is 10.5 Å². The predicted molar refractivity (Wildman–Crippen MR) is 72.6 cm³/mol. The summed E-state index contributed by atoms with van der Waals surface area (Å²) in [4.78, 5) is 0. The summed E-state index contributed by atoms with van der Waals surface area (Å²) in [6, 6.07) is 6.19. The standard InChI is InChI=1S/C14H19N3O/c1-9-5-12(14(18-4)6-10(9)2)13-7-11(8-15)16-17(13)3/h5-7H,8,15H2,1-4H3. The second-order valence-electron chi connectivity index (χ2n) is 4.49. The van der Waals surface area contributed by atoms with E-state index in [1.807, 2.05) is 17.8 Å². The molecule has 0 aliphatic heterocycles. The van der Waals surface area contributed by atoms with Crippen molar-refractivity contribution in [3.63, 3.8) is 0 Å². The van der Waals surface area contributed by atoms with E-state index in [4.69, 9.17) is 10.5 Å². The SMILES string of the molecule is COc1cc(C)c(C)cc1-c1cc(CN)nn1C. The van der Waals surface area contributed by atoms with Gasteiger partial charge in [-0.1, -0.05) is 0 Å². The average Bonchev–Trinajstić information content (AvgIpc) is 2.73. The monoisotopic (exact) mass is 245 g/mol. The molecule has 1 aromatic carbocycles. The summed E-state index contributed by atoms with van der Waals surface area (Å²) in [5.74, 6) is 0.865. The van der Waals surface area contributed by atoms with E-state index in [0.717, 1.165) is 22.7 Å². The van der Waals surface area contributed by atoms with Gasteiger partial charge in [0.1, 0.15) is 5.75 Å². The Morgan fingerprint density at radius 2 is 1.89 bits per heavy atom. The molecule has 0 saturated carbocycles. The maximum absolute atomic E-state index is 5.63. The van der Waals surface area contributed by atoms with Crippen LogP contribution in [0.25, 0.3) is 11.3 Å². The van der Waals surface area contributed by atoms with Crippen molar-refractivity contribution in [2.24, 2.45) is 12.8 Å². The van der Waals surface area contributed by atoms with E-state index in [0.29, 0.717) is 6.54 Å². The highest BCUT2D eigenvalue weighted by atomic mass is 16.5. The van der Waals surface area contributed by atoms with Gasteiger partial charge in [0.05, 0.1) is 18.5 Å². The molecule has 18 heavy (non-hydrogen) atoms. The zero-order valence-electron chi connectivity index (χ0n) is 11.3. The van der Waals surface area contributed by atoms with Crippen LogP contribution in [0.15, 0.2) is 18.2 Å². The molecule has 2 rings (SSSR count). The Morgan fingerprint density at radius 1 is 1.22 bits per heavy atom. The van der Waals surface area contributed by atoms with Gasteiger partial charge in [0.25, 0.3) is 0 Å². The molecule has 0 fully saturated rings. The number of methoxy groups -OCH3 is 1. The molecule has 1 aromatic heterocycles. The molecule has 0 atom stereocenters. The van der Waals surface area contributed by atoms with Crippen LogP contribution in [0, 0.1) is 13.8 Å². The number of ether oxygens (including phenoxy) is 1. The molecular weight excluding hydrogens is 226 g/mol. The predicted octanol–water partition coefficient (Wildman–Crippen LogP) is 2.17. The largest absolute Gasteiger partial charge is 0.496 e. The van der Waals surface area contributed by atoms with Crippen molar-refractivity contribution in [3.8, 4) is 17.0 Å². The van der Waals surface area contributed by atoms with Crippen molar-refractivity contribution in [3.05, 3.63) is 35.0 Å².